The van der Waals surface area contributed by atoms with Gasteiger partial charge in [0.2, 0.25) is 0 Å². The van der Waals surface area contributed by atoms with E-state index in [1.807, 2.05) is 0 Å². The number of nitrogens with two attached hydrogens (primary N) is 6. The number of carbonyl (C=O) groups is 5. The molecule has 0 fully saturated rings. The third-order valence-corrected chi connectivity index (χ3v) is 5.03. The lowest BCUT2D eigenvalue weighted by atomic mass is 10.1. The maximum Gasteiger partial charge on any atom is 0.333 e. The molecule has 44 heavy (non-hydrogen) atoms. The minimum absolute atomic E-state index is 0.172. The van der Waals surface area contributed by atoms with Crippen molar-refractivity contribution in [1.29, 1.82) is 5.41 Å². The molecule has 0 aliphatic rings. The number of nitrogens with one attached hydrogen (secondary N) is 3. The Morgan fingerprint density at radius 2 is 1.50 bits per heavy atom. The first kappa shape index (κ1) is 44.5. The number of thiol groups is 1. The number of hydrogen-bond acceptors (Lipinski definition) is 16. The molecule has 1 heterocycles. The number of carbonyl (C=O) groups excluding carboxylic acids is 2. The van der Waals surface area contributed by atoms with Crippen molar-refractivity contribution in [3.8, 4) is 0 Å². The summed E-state index contributed by atoms with van der Waals surface area (Å²) in [5.41, 5.74) is 31.5. The molecule has 0 bridgehead atoms. The molecule has 1 aromatic heterocycles. The van der Waals surface area contributed by atoms with Gasteiger partial charge in [-0.15, -0.1) is 0 Å². The van der Waals surface area contributed by atoms with Gasteiger partial charge in [-0.05, 0) is 19.8 Å². The monoisotopic (exact) mass is 656 g/mol. The summed E-state index contributed by atoms with van der Waals surface area (Å²) in [6, 6.07) is -5.06. The van der Waals surface area contributed by atoms with E-state index in [9.17, 15) is 24.0 Å². The van der Waals surface area contributed by atoms with Crippen molar-refractivity contribution in [2.75, 3.05) is 18.9 Å². The lowest BCUT2D eigenvalue weighted by Crippen LogP contribution is -2.44. The van der Waals surface area contributed by atoms with Gasteiger partial charge < -0.3 is 75.0 Å². The largest absolute Gasteiger partial charge is 0.480 e. The summed E-state index contributed by atoms with van der Waals surface area (Å²) in [6.45, 7) is 1.19. The number of imidazole rings is 1. The van der Waals surface area contributed by atoms with Gasteiger partial charge in [0.15, 0.2) is 5.96 Å². The molecule has 22 heteroatoms. The number of aliphatic hydroxyl groups excluding tert-OH is 2. The number of aromatic amines is 1. The number of hydrogen-bond donors (Lipinski definition) is 15. The van der Waals surface area contributed by atoms with Gasteiger partial charge >= 0.3 is 29.8 Å². The molecule has 0 radical (unpaired) electrons. The van der Waals surface area contributed by atoms with Crippen LogP contribution in [0.25, 0.3) is 0 Å². The van der Waals surface area contributed by atoms with Crippen LogP contribution in [-0.2, 0) is 35.1 Å². The van der Waals surface area contributed by atoms with Crippen molar-refractivity contribution in [3.63, 3.8) is 0 Å². The van der Waals surface area contributed by atoms with Crippen molar-refractivity contribution in [3.05, 3.63) is 18.2 Å². The zero-order chi connectivity index (χ0) is 35.0. The Kier molecular flexibility index (Phi) is 25.9. The predicted molar refractivity (Wildman–Crippen MR) is 158 cm³/mol. The number of aromatic nitrogens is 2. The summed E-state index contributed by atoms with van der Waals surface area (Å²) in [7, 11) is 0. The number of aliphatic carboxylic acids is 3. The van der Waals surface area contributed by atoms with Crippen LogP contribution < -0.4 is 39.7 Å². The summed E-state index contributed by atoms with van der Waals surface area (Å²) >= 11 is 3.65. The van der Waals surface area contributed by atoms with Gasteiger partial charge in [-0.2, -0.15) is 12.6 Å². The summed E-state index contributed by atoms with van der Waals surface area (Å²) in [4.78, 5) is 58.9. The molecule has 0 saturated heterocycles. The molecule has 0 aliphatic carbocycles. The Morgan fingerprint density at radius 3 is 1.82 bits per heavy atom. The van der Waals surface area contributed by atoms with E-state index in [-0.39, 0.29) is 24.6 Å². The van der Waals surface area contributed by atoms with E-state index in [4.69, 9.17) is 65.3 Å². The molecular weight excluding hydrogens is 612 g/mol. The highest BCUT2D eigenvalue weighted by atomic mass is 32.1. The Morgan fingerprint density at radius 1 is 0.977 bits per heavy atom. The van der Waals surface area contributed by atoms with Crippen LogP contribution in [0, 0.1) is 5.41 Å². The summed E-state index contributed by atoms with van der Waals surface area (Å²) in [5.74, 6) is -5.09. The lowest BCUT2D eigenvalue weighted by molar-refractivity contribution is -0.163. The maximum absolute atomic E-state index is 11.4. The van der Waals surface area contributed by atoms with Crippen molar-refractivity contribution in [2.45, 2.75) is 62.5 Å². The first-order chi connectivity index (χ1) is 20.3. The highest BCUT2D eigenvalue weighted by Gasteiger charge is 2.25. The molecule has 1 rings (SSSR count). The van der Waals surface area contributed by atoms with Crippen LogP contribution in [0.2, 0.25) is 0 Å². The van der Waals surface area contributed by atoms with Gasteiger partial charge in [0.05, 0.1) is 24.7 Å². The highest BCUT2D eigenvalue weighted by molar-refractivity contribution is 7.80. The SMILES string of the molecule is C[C@@H](O)[C@H](N)C(=O)OC(=O)[C@@H](N)CCCNC(=N)N.N[C@@H](CO)C(=O)O.N[C@@H](CS)C(=O)O.N[C@@H](Cc1c[nH]cn1)C(=O)O. The molecule has 0 amide bonds. The number of guanidine groups is 1. The summed E-state index contributed by atoms with van der Waals surface area (Å²) < 4.78 is 4.44. The standard InChI is InChI=1S/C10H21N5O4.C6H9N3O2.C3H7NO3.C3H7NO2S/c1-5(16)7(12)9(18)19-8(17)6(11)3-2-4-15-10(13)14;7-5(6(10)11)1-4-2-8-3-9-4;4-2(1-5)3(6)7;4-2(1-7)3(5)6/h5-7,16H,2-4,11-12H2,1H3,(H4,13,14,15);2-3,5H,1,7H2,(H,8,9)(H,10,11);2,5H,1,4H2,(H,6,7);2,7H,1,4H2,(H,5,6)/t5-,6+,7+;5-;2*2-/m1000/s1. The predicted octanol–water partition coefficient (Wildman–Crippen LogP) is -5.56. The van der Waals surface area contributed by atoms with E-state index in [1.54, 1.807) is 6.20 Å². The number of aliphatic hydroxyl groups is 2. The third-order valence-electron chi connectivity index (χ3n) is 4.63. The minimum Gasteiger partial charge on any atom is -0.480 e. The summed E-state index contributed by atoms with van der Waals surface area (Å²) in [5, 5.41) is 50.8. The molecule has 6 atom stereocenters. The first-order valence-corrected chi connectivity index (χ1v) is 13.1. The Hall–Kier alpha value is -3.90. The van der Waals surface area contributed by atoms with E-state index in [2.05, 4.69) is 32.7 Å². The first-order valence-electron chi connectivity index (χ1n) is 12.5. The summed E-state index contributed by atoms with van der Waals surface area (Å²) in [6.07, 6.45) is 3.00. The zero-order valence-corrected chi connectivity index (χ0v) is 24.8. The highest BCUT2D eigenvalue weighted by Crippen LogP contribution is 2.00. The molecule has 254 valence electrons. The van der Waals surface area contributed by atoms with E-state index in [1.165, 1.54) is 13.3 Å². The van der Waals surface area contributed by atoms with Crippen LogP contribution in [0.3, 0.4) is 0 Å². The third kappa shape index (κ3) is 24.7. The molecule has 1 aromatic rings. The molecule has 0 spiro atoms. The van der Waals surface area contributed by atoms with Crippen molar-refractivity contribution < 1.29 is 54.2 Å². The van der Waals surface area contributed by atoms with Crippen LogP contribution in [0.1, 0.15) is 25.5 Å². The topological polar surface area (TPSA) is 416 Å². The lowest BCUT2D eigenvalue weighted by Gasteiger charge is -2.15. The fourth-order valence-corrected chi connectivity index (χ4v) is 2.13. The number of H-pyrrole nitrogens is 1. The van der Waals surface area contributed by atoms with Crippen LogP contribution in [0.4, 0.5) is 0 Å². The quantitative estimate of drug-likeness (QED) is 0.0221. The Labute approximate surface area is 257 Å². The second-order valence-corrected chi connectivity index (χ2v) is 8.92. The normalized spacial score (nSPS) is 14.0. The van der Waals surface area contributed by atoms with E-state index in [0.29, 0.717) is 18.7 Å². The van der Waals surface area contributed by atoms with E-state index < -0.39 is 72.8 Å². The molecular formula is C22H44N10O11S. The van der Waals surface area contributed by atoms with Gasteiger partial charge in [0.1, 0.15) is 30.2 Å². The number of carboxylic acids is 3. The number of ether oxygens (including phenoxy) is 1. The Balaban J connectivity index is -0.000000565. The maximum atomic E-state index is 11.4. The van der Waals surface area contributed by atoms with Gasteiger partial charge in [-0.25, -0.2) is 14.6 Å². The van der Waals surface area contributed by atoms with Gasteiger partial charge in [0.25, 0.3) is 0 Å². The smallest absolute Gasteiger partial charge is 0.333 e. The van der Waals surface area contributed by atoms with Gasteiger partial charge in [0, 0.05) is 24.9 Å². The number of esters is 2. The molecule has 21 nitrogen and oxygen atoms in total. The number of carboxylic acid groups (broad SMARTS) is 3. The van der Waals surface area contributed by atoms with Crippen LogP contribution >= 0.6 is 12.6 Å². The molecule has 0 saturated carbocycles. The van der Waals surface area contributed by atoms with Crippen LogP contribution in [0.5, 0.6) is 0 Å². The molecule has 0 aromatic carbocycles. The molecule has 20 N–H and O–H groups in total. The van der Waals surface area contributed by atoms with Crippen molar-refractivity contribution in [2.24, 2.45) is 34.4 Å². The Bertz CT molecular complexity index is 982. The second kappa shape index (κ2) is 25.6. The van der Waals surface area contributed by atoms with Gasteiger partial charge in [-0.3, -0.25) is 19.8 Å². The average molecular weight is 657 g/mol. The number of nitrogens with zero attached hydrogens (tertiary/aromatic N) is 1. The second-order valence-electron chi connectivity index (χ2n) is 8.56. The van der Waals surface area contributed by atoms with E-state index >= 15 is 0 Å². The minimum atomic E-state index is -1.28. The van der Waals surface area contributed by atoms with Crippen molar-refractivity contribution in [1.82, 2.24) is 15.3 Å². The van der Waals surface area contributed by atoms with Crippen LogP contribution in [0.15, 0.2) is 12.5 Å². The fourth-order valence-electron chi connectivity index (χ4n) is 1.97. The fraction of sp³-hybridized carbons (Fsp3) is 0.591. The van der Waals surface area contributed by atoms with Crippen LogP contribution in [-0.4, -0.2) is 127 Å². The zero-order valence-electron chi connectivity index (χ0n) is 23.9. The average Bonchev–Trinajstić information content (AvgIpc) is 3.47. The molecule has 0 aliphatic heterocycles. The molecule has 0 unspecified atom stereocenters. The van der Waals surface area contributed by atoms with E-state index in [0.717, 1.165) is 0 Å². The van der Waals surface area contributed by atoms with Gasteiger partial charge in [-0.1, -0.05) is 0 Å². The van der Waals surface area contributed by atoms with Crippen molar-refractivity contribution >= 4 is 48.4 Å². The number of rotatable bonds is 14.